The Hall–Kier alpha value is -0.820. The molecule has 2 rings (SSSR count). The quantitative estimate of drug-likeness (QED) is 0.827. The van der Waals surface area contributed by atoms with Crippen LogP contribution in [0.5, 0.6) is 0 Å². The van der Waals surface area contributed by atoms with Crippen LogP contribution in [0.15, 0.2) is 24.3 Å². The fraction of sp³-hybridized carbons (Fsp3) is 0.625. The number of hydrogen-bond acceptors (Lipinski definition) is 1. The van der Waals surface area contributed by atoms with Crippen molar-refractivity contribution in [1.29, 1.82) is 0 Å². The predicted octanol–water partition coefficient (Wildman–Crippen LogP) is 3.95. The molecule has 0 fully saturated rings. The van der Waals surface area contributed by atoms with Crippen molar-refractivity contribution in [3.8, 4) is 0 Å². The molecule has 0 saturated carbocycles. The van der Waals surface area contributed by atoms with Crippen molar-refractivity contribution in [2.75, 3.05) is 6.54 Å². The highest BCUT2D eigenvalue weighted by molar-refractivity contribution is 5.37. The van der Waals surface area contributed by atoms with Crippen LogP contribution < -0.4 is 5.32 Å². The molecule has 1 aromatic carbocycles. The summed E-state index contributed by atoms with van der Waals surface area (Å²) >= 11 is 0. The lowest BCUT2D eigenvalue weighted by Gasteiger charge is -2.29. The molecule has 0 spiro atoms. The average Bonchev–Trinajstić information content (AvgIpc) is 2.49. The van der Waals surface area contributed by atoms with Gasteiger partial charge in [0, 0.05) is 6.04 Å². The van der Waals surface area contributed by atoms with Gasteiger partial charge in [0.15, 0.2) is 0 Å². The molecule has 1 nitrogen and oxygen atoms in total. The molecule has 94 valence electrons. The average molecular weight is 231 g/mol. The minimum absolute atomic E-state index is 0.348. The standard InChI is InChI=1S/C16H25N/c1-12(2)9-10-17-15-14-8-6-5-7-13(14)11-16(15,3)4/h5-8,12,15,17H,9-11H2,1-4H3. The van der Waals surface area contributed by atoms with Crippen molar-refractivity contribution < 1.29 is 0 Å². The van der Waals surface area contributed by atoms with Gasteiger partial charge in [0.2, 0.25) is 0 Å². The minimum Gasteiger partial charge on any atom is -0.309 e. The molecule has 0 amide bonds. The molecule has 1 aliphatic carbocycles. The van der Waals surface area contributed by atoms with E-state index in [0.717, 1.165) is 12.5 Å². The van der Waals surface area contributed by atoms with E-state index in [-0.39, 0.29) is 0 Å². The Kier molecular flexibility index (Phi) is 3.58. The number of fused-ring (bicyclic) bond motifs is 1. The summed E-state index contributed by atoms with van der Waals surface area (Å²) in [5.41, 5.74) is 3.39. The summed E-state index contributed by atoms with van der Waals surface area (Å²) in [5.74, 6) is 0.780. The predicted molar refractivity (Wildman–Crippen MR) is 74.1 cm³/mol. The number of nitrogens with one attached hydrogen (secondary N) is 1. The van der Waals surface area contributed by atoms with Gasteiger partial charge in [-0.05, 0) is 41.8 Å². The maximum absolute atomic E-state index is 3.76. The molecule has 0 aromatic heterocycles. The molecule has 1 aromatic rings. The highest BCUT2D eigenvalue weighted by Gasteiger charge is 2.37. The van der Waals surface area contributed by atoms with Gasteiger partial charge in [0.1, 0.15) is 0 Å². The lowest BCUT2D eigenvalue weighted by molar-refractivity contribution is 0.266. The minimum atomic E-state index is 0.348. The van der Waals surface area contributed by atoms with Gasteiger partial charge in [-0.2, -0.15) is 0 Å². The zero-order valence-corrected chi connectivity index (χ0v) is 11.6. The van der Waals surface area contributed by atoms with E-state index in [1.54, 1.807) is 0 Å². The van der Waals surface area contributed by atoms with Gasteiger partial charge in [-0.25, -0.2) is 0 Å². The first-order valence-electron chi connectivity index (χ1n) is 6.82. The third-order valence-corrected chi connectivity index (χ3v) is 3.86. The molecule has 0 bridgehead atoms. The van der Waals surface area contributed by atoms with Crippen molar-refractivity contribution >= 4 is 0 Å². The number of hydrogen-bond donors (Lipinski definition) is 1. The summed E-state index contributed by atoms with van der Waals surface area (Å²) < 4.78 is 0. The molecule has 1 atom stereocenters. The SMILES string of the molecule is CC(C)CCNC1c2ccccc2CC1(C)C. The molecule has 1 N–H and O–H groups in total. The Balaban J connectivity index is 2.09. The lowest BCUT2D eigenvalue weighted by atomic mass is 9.85. The van der Waals surface area contributed by atoms with Gasteiger partial charge < -0.3 is 5.32 Å². The third kappa shape index (κ3) is 2.71. The Morgan fingerprint density at radius 1 is 1.29 bits per heavy atom. The van der Waals surface area contributed by atoms with E-state index in [1.165, 1.54) is 24.0 Å². The van der Waals surface area contributed by atoms with Crippen LogP contribution in [0.3, 0.4) is 0 Å². The molecule has 0 aliphatic heterocycles. The van der Waals surface area contributed by atoms with Crippen LogP contribution in [0.2, 0.25) is 0 Å². The topological polar surface area (TPSA) is 12.0 Å². The van der Waals surface area contributed by atoms with Gasteiger partial charge in [0.25, 0.3) is 0 Å². The van der Waals surface area contributed by atoms with E-state index in [0.29, 0.717) is 11.5 Å². The first-order chi connectivity index (χ1) is 8.00. The Morgan fingerprint density at radius 3 is 2.71 bits per heavy atom. The van der Waals surface area contributed by atoms with Crippen molar-refractivity contribution in [3.63, 3.8) is 0 Å². The molecule has 1 unspecified atom stereocenters. The normalized spacial score (nSPS) is 21.8. The van der Waals surface area contributed by atoms with Crippen LogP contribution in [0.4, 0.5) is 0 Å². The smallest absolute Gasteiger partial charge is 0.0377 e. The summed E-state index contributed by atoms with van der Waals surface area (Å²) in [7, 11) is 0. The van der Waals surface area contributed by atoms with Crippen LogP contribution in [-0.4, -0.2) is 6.54 Å². The number of rotatable bonds is 4. The largest absolute Gasteiger partial charge is 0.309 e. The molecule has 0 saturated heterocycles. The second-order valence-corrected chi connectivity index (χ2v) is 6.43. The van der Waals surface area contributed by atoms with E-state index < -0.39 is 0 Å². The van der Waals surface area contributed by atoms with Gasteiger partial charge in [-0.1, -0.05) is 52.0 Å². The lowest BCUT2D eigenvalue weighted by Crippen LogP contribution is -2.32. The second-order valence-electron chi connectivity index (χ2n) is 6.43. The maximum Gasteiger partial charge on any atom is 0.0377 e. The van der Waals surface area contributed by atoms with E-state index in [2.05, 4.69) is 57.3 Å². The summed E-state index contributed by atoms with van der Waals surface area (Å²) in [5, 5.41) is 3.76. The van der Waals surface area contributed by atoms with Gasteiger partial charge in [0.05, 0.1) is 0 Å². The van der Waals surface area contributed by atoms with E-state index in [9.17, 15) is 0 Å². The van der Waals surface area contributed by atoms with E-state index in [1.807, 2.05) is 0 Å². The van der Waals surface area contributed by atoms with E-state index >= 15 is 0 Å². The molecule has 1 heteroatoms. The van der Waals surface area contributed by atoms with Crippen LogP contribution in [0, 0.1) is 11.3 Å². The second kappa shape index (κ2) is 4.81. The van der Waals surface area contributed by atoms with Gasteiger partial charge in [-0.3, -0.25) is 0 Å². The highest BCUT2D eigenvalue weighted by atomic mass is 14.9. The van der Waals surface area contributed by atoms with Crippen molar-refractivity contribution in [1.82, 2.24) is 5.32 Å². The first-order valence-corrected chi connectivity index (χ1v) is 6.82. The zero-order valence-electron chi connectivity index (χ0n) is 11.6. The number of benzene rings is 1. The Bertz CT molecular complexity index is 379. The first kappa shape index (κ1) is 12.6. The maximum atomic E-state index is 3.76. The highest BCUT2D eigenvalue weighted by Crippen LogP contribution is 2.44. The molecular weight excluding hydrogens is 206 g/mol. The van der Waals surface area contributed by atoms with Crippen molar-refractivity contribution in [2.24, 2.45) is 11.3 Å². The van der Waals surface area contributed by atoms with Crippen LogP contribution >= 0.6 is 0 Å². The van der Waals surface area contributed by atoms with Crippen LogP contribution in [-0.2, 0) is 6.42 Å². The molecule has 17 heavy (non-hydrogen) atoms. The van der Waals surface area contributed by atoms with Crippen LogP contribution in [0.1, 0.15) is 51.3 Å². The molecule has 0 radical (unpaired) electrons. The van der Waals surface area contributed by atoms with Gasteiger partial charge in [-0.15, -0.1) is 0 Å². The summed E-state index contributed by atoms with van der Waals surface area (Å²) in [6, 6.07) is 9.42. The molecule has 0 heterocycles. The summed E-state index contributed by atoms with van der Waals surface area (Å²) in [6.45, 7) is 10.4. The van der Waals surface area contributed by atoms with Gasteiger partial charge >= 0.3 is 0 Å². The summed E-state index contributed by atoms with van der Waals surface area (Å²) in [6.07, 6.45) is 2.46. The molecule has 1 aliphatic rings. The van der Waals surface area contributed by atoms with E-state index in [4.69, 9.17) is 0 Å². The van der Waals surface area contributed by atoms with Crippen molar-refractivity contribution in [2.45, 2.75) is 46.6 Å². The fourth-order valence-corrected chi connectivity index (χ4v) is 2.89. The zero-order chi connectivity index (χ0) is 12.5. The fourth-order valence-electron chi connectivity index (χ4n) is 2.89. The van der Waals surface area contributed by atoms with Crippen LogP contribution in [0.25, 0.3) is 0 Å². The monoisotopic (exact) mass is 231 g/mol. The Labute approximate surface area is 106 Å². The molecular formula is C16H25N. The third-order valence-electron chi connectivity index (χ3n) is 3.86. The van der Waals surface area contributed by atoms with Crippen molar-refractivity contribution in [3.05, 3.63) is 35.4 Å². The summed E-state index contributed by atoms with van der Waals surface area (Å²) in [4.78, 5) is 0. The Morgan fingerprint density at radius 2 is 2.00 bits per heavy atom.